The van der Waals surface area contributed by atoms with Gasteiger partial charge in [-0.2, -0.15) is 0 Å². The van der Waals surface area contributed by atoms with E-state index in [1.165, 1.54) is 6.92 Å². The summed E-state index contributed by atoms with van der Waals surface area (Å²) in [4.78, 5) is 13.4. The molecule has 1 saturated heterocycles. The molecule has 1 heterocycles. The summed E-state index contributed by atoms with van der Waals surface area (Å²) in [6.07, 6.45) is 0. The van der Waals surface area contributed by atoms with Crippen LogP contribution in [0.1, 0.15) is 22.8 Å². The van der Waals surface area contributed by atoms with Crippen LogP contribution in [-0.4, -0.2) is 53.3 Å². The number of hydrogen-bond acceptors (Lipinski definition) is 5. The number of ether oxygens (including phenoxy) is 1. The van der Waals surface area contributed by atoms with Crippen LogP contribution in [0.25, 0.3) is 0 Å². The van der Waals surface area contributed by atoms with Crippen molar-refractivity contribution >= 4 is 5.78 Å². The van der Waals surface area contributed by atoms with Gasteiger partial charge in [0.1, 0.15) is 5.75 Å². The highest BCUT2D eigenvalue weighted by Crippen LogP contribution is 2.22. The van der Waals surface area contributed by atoms with Crippen molar-refractivity contribution in [2.24, 2.45) is 0 Å². The average molecular weight is 265 g/mol. The van der Waals surface area contributed by atoms with Crippen molar-refractivity contribution in [2.45, 2.75) is 19.5 Å². The van der Waals surface area contributed by atoms with Crippen LogP contribution in [0.3, 0.4) is 0 Å². The smallest absolute Gasteiger partial charge is 0.159 e. The number of benzene rings is 1. The second-order valence-electron chi connectivity index (χ2n) is 4.78. The van der Waals surface area contributed by atoms with Gasteiger partial charge in [-0.3, -0.25) is 9.69 Å². The van der Waals surface area contributed by atoms with Gasteiger partial charge in [-0.1, -0.05) is 0 Å². The molecule has 2 N–H and O–H groups in total. The largest absolute Gasteiger partial charge is 0.508 e. The number of ketones is 1. The lowest BCUT2D eigenvalue weighted by molar-refractivity contribution is -0.0315. The molecule has 1 aliphatic heterocycles. The highest BCUT2D eigenvalue weighted by Gasteiger charge is 2.23. The molecule has 1 unspecified atom stereocenters. The third-order valence-corrected chi connectivity index (χ3v) is 3.42. The van der Waals surface area contributed by atoms with E-state index in [4.69, 9.17) is 4.74 Å². The molecular formula is C14H19NO4. The zero-order valence-electron chi connectivity index (χ0n) is 11.0. The van der Waals surface area contributed by atoms with Crippen LogP contribution in [0.4, 0.5) is 0 Å². The fourth-order valence-electron chi connectivity index (χ4n) is 2.22. The average Bonchev–Trinajstić information content (AvgIpc) is 2.41. The van der Waals surface area contributed by atoms with Crippen molar-refractivity contribution in [3.63, 3.8) is 0 Å². The first kappa shape index (κ1) is 14.0. The van der Waals surface area contributed by atoms with Gasteiger partial charge >= 0.3 is 0 Å². The molecular weight excluding hydrogens is 246 g/mol. The van der Waals surface area contributed by atoms with E-state index in [0.29, 0.717) is 37.4 Å². The molecule has 0 spiro atoms. The maximum atomic E-state index is 11.4. The van der Waals surface area contributed by atoms with Gasteiger partial charge in [-0.15, -0.1) is 0 Å². The van der Waals surface area contributed by atoms with Crippen LogP contribution >= 0.6 is 0 Å². The van der Waals surface area contributed by atoms with Gasteiger partial charge in [-0.05, 0) is 25.1 Å². The number of nitrogens with zero attached hydrogens (tertiary/aromatic N) is 1. The second kappa shape index (κ2) is 6.14. The van der Waals surface area contributed by atoms with E-state index >= 15 is 0 Å². The minimum absolute atomic E-state index is 0.0210. The number of Topliss-reactive ketones (excluding diaryl/α,β-unsaturated/α-hetero) is 1. The van der Waals surface area contributed by atoms with E-state index in [0.717, 1.165) is 0 Å². The highest BCUT2D eigenvalue weighted by atomic mass is 16.5. The molecule has 1 aliphatic rings. The summed E-state index contributed by atoms with van der Waals surface area (Å²) >= 11 is 0. The summed E-state index contributed by atoms with van der Waals surface area (Å²) in [5.74, 6) is 0.148. The lowest BCUT2D eigenvalue weighted by atomic mass is 10.1. The third kappa shape index (κ3) is 3.32. The molecule has 0 radical (unpaired) electrons. The summed E-state index contributed by atoms with van der Waals surface area (Å²) < 4.78 is 5.31. The summed E-state index contributed by atoms with van der Waals surface area (Å²) in [5, 5.41) is 19.2. The van der Waals surface area contributed by atoms with Gasteiger partial charge in [-0.25, -0.2) is 0 Å². The molecule has 2 rings (SSSR count). The molecule has 5 heteroatoms. The fourth-order valence-corrected chi connectivity index (χ4v) is 2.22. The van der Waals surface area contributed by atoms with E-state index in [-0.39, 0.29) is 24.2 Å². The standard InChI is InChI=1S/C14H19NO4/c1-10(17)11-2-3-14(18)12(6-11)7-15-4-5-19-9-13(15)8-16/h2-3,6,13,16,18H,4-5,7-9H2,1H3. The number of rotatable bonds is 4. The Hall–Kier alpha value is -1.43. The predicted molar refractivity (Wildman–Crippen MR) is 70.2 cm³/mol. The van der Waals surface area contributed by atoms with E-state index in [2.05, 4.69) is 4.90 Å². The highest BCUT2D eigenvalue weighted by molar-refractivity contribution is 5.94. The van der Waals surface area contributed by atoms with Gasteiger partial charge in [0.15, 0.2) is 5.78 Å². The number of aliphatic hydroxyl groups excluding tert-OH is 1. The molecule has 1 fully saturated rings. The molecule has 0 aliphatic carbocycles. The van der Waals surface area contributed by atoms with Gasteiger partial charge in [0, 0.05) is 24.2 Å². The van der Waals surface area contributed by atoms with Crippen LogP contribution in [0, 0.1) is 0 Å². The Morgan fingerprint density at radius 1 is 1.53 bits per heavy atom. The number of aliphatic hydroxyl groups is 1. The Bertz CT molecular complexity index is 461. The Morgan fingerprint density at radius 3 is 3.00 bits per heavy atom. The number of carbonyl (C=O) groups is 1. The Kier molecular flexibility index (Phi) is 4.52. The van der Waals surface area contributed by atoms with Crippen LogP contribution in [0.2, 0.25) is 0 Å². The first-order valence-electron chi connectivity index (χ1n) is 6.37. The van der Waals surface area contributed by atoms with E-state index in [1.807, 2.05) is 0 Å². The summed E-state index contributed by atoms with van der Waals surface area (Å²) in [5.41, 5.74) is 1.29. The molecule has 0 amide bonds. The van der Waals surface area contributed by atoms with Gasteiger partial charge in [0.25, 0.3) is 0 Å². The first-order chi connectivity index (χ1) is 9.11. The summed E-state index contributed by atoms with van der Waals surface area (Å²) in [6, 6.07) is 4.81. The van der Waals surface area contributed by atoms with Gasteiger partial charge < -0.3 is 14.9 Å². The van der Waals surface area contributed by atoms with Crippen molar-refractivity contribution in [1.29, 1.82) is 0 Å². The number of phenols is 1. The monoisotopic (exact) mass is 265 g/mol. The third-order valence-electron chi connectivity index (χ3n) is 3.42. The van der Waals surface area contributed by atoms with Crippen LogP contribution < -0.4 is 0 Å². The summed E-state index contributed by atoms with van der Waals surface area (Å²) in [7, 11) is 0. The zero-order chi connectivity index (χ0) is 13.8. The van der Waals surface area contributed by atoms with Crippen LogP contribution in [-0.2, 0) is 11.3 Å². The minimum atomic E-state index is -0.0610. The fraction of sp³-hybridized carbons (Fsp3) is 0.500. The van der Waals surface area contributed by atoms with E-state index < -0.39 is 0 Å². The summed E-state index contributed by atoms with van der Waals surface area (Å²) in [6.45, 7) is 3.83. The number of carbonyl (C=O) groups excluding carboxylic acids is 1. The first-order valence-corrected chi connectivity index (χ1v) is 6.37. The lowest BCUT2D eigenvalue weighted by Crippen LogP contribution is -2.46. The quantitative estimate of drug-likeness (QED) is 0.788. The Balaban J connectivity index is 2.17. The molecule has 0 saturated carbocycles. The van der Waals surface area contributed by atoms with Crippen LogP contribution in [0.15, 0.2) is 18.2 Å². The molecule has 1 aromatic rings. The number of hydrogen-bond donors (Lipinski definition) is 2. The lowest BCUT2D eigenvalue weighted by Gasteiger charge is -2.34. The van der Waals surface area contributed by atoms with Crippen LogP contribution in [0.5, 0.6) is 5.75 Å². The number of morpholine rings is 1. The topological polar surface area (TPSA) is 70.0 Å². The van der Waals surface area contributed by atoms with E-state index in [1.54, 1.807) is 18.2 Å². The maximum absolute atomic E-state index is 11.4. The molecule has 104 valence electrons. The molecule has 5 nitrogen and oxygen atoms in total. The van der Waals surface area contributed by atoms with Crippen molar-refractivity contribution < 1.29 is 19.7 Å². The SMILES string of the molecule is CC(=O)c1ccc(O)c(CN2CCOCC2CO)c1. The van der Waals surface area contributed by atoms with E-state index in [9.17, 15) is 15.0 Å². The second-order valence-corrected chi connectivity index (χ2v) is 4.78. The number of aromatic hydroxyl groups is 1. The van der Waals surface area contributed by atoms with Crippen molar-refractivity contribution in [1.82, 2.24) is 4.90 Å². The maximum Gasteiger partial charge on any atom is 0.159 e. The molecule has 19 heavy (non-hydrogen) atoms. The van der Waals surface area contributed by atoms with Gasteiger partial charge in [0.2, 0.25) is 0 Å². The van der Waals surface area contributed by atoms with Gasteiger partial charge in [0.05, 0.1) is 25.9 Å². The van der Waals surface area contributed by atoms with Crippen molar-refractivity contribution in [3.05, 3.63) is 29.3 Å². The molecule has 0 bridgehead atoms. The Labute approximate surface area is 112 Å². The van der Waals surface area contributed by atoms with Crippen molar-refractivity contribution in [3.8, 4) is 5.75 Å². The number of phenolic OH excluding ortho intramolecular Hbond substituents is 1. The normalized spacial score (nSPS) is 20.4. The zero-order valence-corrected chi connectivity index (χ0v) is 11.0. The van der Waals surface area contributed by atoms with Crippen molar-refractivity contribution in [2.75, 3.05) is 26.4 Å². The minimum Gasteiger partial charge on any atom is -0.508 e. The molecule has 0 aromatic heterocycles. The Morgan fingerprint density at radius 2 is 2.32 bits per heavy atom. The molecule has 1 aromatic carbocycles. The molecule has 1 atom stereocenters. The predicted octanol–water partition coefficient (Wildman–Crippen LogP) is 0.788.